The van der Waals surface area contributed by atoms with E-state index in [2.05, 4.69) is 20.6 Å². The van der Waals surface area contributed by atoms with E-state index >= 15 is 0 Å². The Morgan fingerprint density at radius 1 is 1.03 bits per heavy atom. The zero-order valence-corrected chi connectivity index (χ0v) is 17.6. The molecule has 0 fully saturated rings. The van der Waals surface area contributed by atoms with E-state index in [0.29, 0.717) is 23.6 Å². The molecule has 1 N–H and O–H groups in total. The molecule has 0 spiro atoms. The largest absolute Gasteiger partial charge is 0.489 e. The maximum atomic E-state index is 12.7. The second kappa shape index (κ2) is 8.83. The molecule has 0 unspecified atom stereocenters. The first-order valence-electron chi connectivity index (χ1n) is 9.89. The van der Waals surface area contributed by atoms with Gasteiger partial charge >= 0.3 is 0 Å². The molecule has 2 aromatic heterocycles. The molecule has 31 heavy (non-hydrogen) atoms. The summed E-state index contributed by atoms with van der Waals surface area (Å²) in [7, 11) is 0. The number of rotatable bonds is 7. The average Bonchev–Trinajstić information content (AvgIpc) is 3.35. The Balaban J connectivity index is 1.41. The van der Waals surface area contributed by atoms with Crippen LogP contribution in [0.2, 0.25) is 0 Å². The molecule has 8 heteroatoms. The Labute approximate surface area is 179 Å². The van der Waals surface area contributed by atoms with Gasteiger partial charge in [-0.2, -0.15) is 0 Å². The first-order valence-corrected chi connectivity index (χ1v) is 9.89. The third kappa shape index (κ3) is 4.98. The number of hydrogen-bond acceptors (Lipinski definition) is 6. The summed E-state index contributed by atoms with van der Waals surface area (Å²) in [5.41, 5.74) is 4.16. The Kier molecular flexibility index (Phi) is 5.79. The fraction of sp³-hybridized carbons (Fsp3) is 0.217. The molecule has 0 radical (unpaired) electrons. The Bertz CT molecular complexity index is 1180. The van der Waals surface area contributed by atoms with Gasteiger partial charge in [-0.1, -0.05) is 52.7 Å². The van der Waals surface area contributed by atoms with Gasteiger partial charge in [-0.05, 0) is 38.5 Å². The normalized spacial score (nSPS) is 10.8. The van der Waals surface area contributed by atoms with Crippen molar-refractivity contribution in [2.75, 3.05) is 5.32 Å². The van der Waals surface area contributed by atoms with Gasteiger partial charge in [0.1, 0.15) is 24.4 Å². The summed E-state index contributed by atoms with van der Waals surface area (Å²) in [6.07, 6.45) is 1.57. The van der Waals surface area contributed by atoms with Crippen molar-refractivity contribution in [3.8, 4) is 5.75 Å². The average molecular weight is 417 g/mol. The van der Waals surface area contributed by atoms with Crippen LogP contribution in [-0.4, -0.2) is 25.8 Å². The lowest BCUT2D eigenvalue weighted by Crippen LogP contribution is -2.16. The molecule has 4 rings (SSSR count). The minimum atomic E-state index is -0.451. The molecule has 8 nitrogen and oxygen atoms in total. The van der Waals surface area contributed by atoms with E-state index in [9.17, 15) is 4.79 Å². The van der Waals surface area contributed by atoms with Crippen molar-refractivity contribution in [1.29, 1.82) is 0 Å². The minimum Gasteiger partial charge on any atom is -0.489 e. The van der Waals surface area contributed by atoms with Crippen molar-refractivity contribution in [2.45, 2.75) is 33.9 Å². The van der Waals surface area contributed by atoms with Crippen LogP contribution in [-0.2, 0) is 13.2 Å². The molecule has 0 atom stereocenters. The summed E-state index contributed by atoms with van der Waals surface area (Å²) in [5.74, 6) is 0.972. The van der Waals surface area contributed by atoms with E-state index in [-0.39, 0.29) is 18.2 Å². The van der Waals surface area contributed by atoms with Crippen LogP contribution in [0.3, 0.4) is 0 Å². The number of aryl methyl sites for hydroxylation is 3. The quantitative estimate of drug-likeness (QED) is 0.487. The van der Waals surface area contributed by atoms with Gasteiger partial charge in [0.05, 0.1) is 12.1 Å². The van der Waals surface area contributed by atoms with Gasteiger partial charge in [0.2, 0.25) is 5.95 Å². The fourth-order valence-corrected chi connectivity index (χ4v) is 3.00. The third-order valence-electron chi connectivity index (χ3n) is 4.83. The van der Waals surface area contributed by atoms with Crippen molar-refractivity contribution in [3.05, 3.63) is 88.6 Å². The second-order valence-corrected chi connectivity index (χ2v) is 7.37. The van der Waals surface area contributed by atoms with Crippen LogP contribution in [0.15, 0.2) is 59.4 Å². The predicted molar refractivity (Wildman–Crippen MR) is 115 cm³/mol. The first-order chi connectivity index (χ1) is 15.0. The highest BCUT2D eigenvalue weighted by Gasteiger charge is 2.21. The molecule has 1 amide bonds. The van der Waals surface area contributed by atoms with Crippen LogP contribution >= 0.6 is 0 Å². The molecule has 2 heterocycles. The molecular weight excluding hydrogens is 394 g/mol. The number of nitrogens with zero attached hydrogens (tertiary/aromatic N) is 4. The lowest BCUT2D eigenvalue weighted by atomic mass is 10.1. The van der Waals surface area contributed by atoms with Crippen molar-refractivity contribution in [2.24, 2.45) is 0 Å². The first kappa shape index (κ1) is 20.3. The van der Waals surface area contributed by atoms with E-state index in [1.54, 1.807) is 17.9 Å². The monoisotopic (exact) mass is 417 g/mol. The lowest BCUT2D eigenvalue weighted by Gasteiger charge is -2.07. The number of aromatic nitrogens is 4. The standard InChI is InChI=1S/C23H23N5O3/c1-15-4-8-18(9-5-15)12-28-14-24-23(26-28)25-22(29)21-20(17(3)31-27-21)13-30-19-10-6-16(2)7-11-19/h4-11,14H,12-13H2,1-3H3,(H,25,26,29). The van der Waals surface area contributed by atoms with Crippen molar-refractivity contribution in [3.63, 3.8) is 0 Å². The van der Waals surface area contributed by atoms with E-state index in [4.69, 9.17) is 9.26 Å². The van der Waals surface area contributed by atoms with Crippen molar-refractivity contribution in [1.82, 2.24) is 19.9 Å². The minimum absolute atomic E-state index is 0.152. The summed E-state index contributed by atoms with van der Waals surface area (Å²) >= 11 is 0. The SMILES string of the molecule is Cc1ccc(Cn2cnc(NC(=O)c3noc(C)c3COc3ccc(C)cc3)n2)cc1. The van der Waals surface area contributed by atoms with Crippen LogP contribution in [0.5, 0.6) is 5.75 Å². The summed E-state index contributed by atoms with van der Waals surface area (Å²) in [5, 5.41) is 10.9. The number of carbonyl (C=O) groups is 1. The van der Waals surface area contributed by atoms with E-state index in [1.165, 1.54) is 5.56 Å². The Morgan fingerprint density at radius 2 is 1.71 bits per heavy atom. The third-order valence-corrected chi connectivity index (χ3v) is 4.83. The topological polar surface area (TPSA) is 95.1 Å². The van der Waals surface area contributed by atoms with Gasteiger partial charge in [-0.25, -0.2) is 9.67 Å². The number of anilines is 1. The molecule has 0 saturated carbocycles. The van der Waals surface area contributed by atoms with Crippen LogP contribution < -0.4 is 10.1 Å². The zero-order chi connectivity index (χ0) is 21.8. The molecule has 0 aliphatic heterocycles. The van der Waals surface area contributed by atoms with Gasteiger partial charge in [0.25, 0.3) is 5.91 Å². The molecule has 0 aliphatic carbocycles. The van der Waals surface area contributed by atoms with Gasteiger partial charge in [0, 0.05) is 0 Å². The molecule has 0 aliphatic rings. The second-order valence-electron chi connectivity index (χ2n) is 7.37. The van der Waals surface area contributed by atoms with Crippen LogP contribution in [0.1, 0.15) is 38.5 Å². The highest BCUT2D eigenvalue weighted by atomic mass is 16.5. The summed E-state index contributed by atoms with van der Waals surface area (Å²) < 4.78 is 12.7. The van der Waals surface area contributed by atoms with E-state index in [0.717, 1.165) is 11.1 Å². The van der Waals surface area contributed by atoms with Crippen molar-refractivity contribution >= 4 is 11.9 Å². The maximum Gasteiger partial charge on any atom is 0.280 e. The number of carbonyl (C=O) groups excluding carboxylic acids is 1. The summed E-state index contributed by atoms with van der Waals surface area (Å²) in [6, 6.07) is 15.8. The number of amides is 1. The Hall–Kier alpha value is -3.94. The summed E-state index contributed by atoms with van der Waals surface area (Å²) in [6.45, 7) is 6.51. The van der Waals surface area contributed by atoms with Gasteiger partial charge in [-0.3, -0.25) is 10.1 Å². The molecule has 4 aromatic rings. The molecule has 0 bridgehead atoms. The lowest BCUT2D eigenvalue weighted by molar-refractivity contribution is 0.101. The number of ether oxygens (including phenoxy) is 1. The molecule has 158 valence electrons. The highest BCUT2D eigenvalue weighted by molar-refractivity contribution is 6.02. The Morgan fingerprint density at radius 3 is 2.42 bits per heavy atom. The zero-order valence-electron chi connectivity index (χ0n) is 17.6. The van der Waals surface area contributed by atoms with Gasteiger partial charge in [0.15, 0.2) is 5.69 Å². The molecular formula is C23H23N5O3. The highest BCUT2D eigenvalue weighted by Crippen LogP contribution is 2.19. The predicted octanol–water partition coefficient (Wildman–Crippen LogP) is 4.07. The summed E-state index contributed by atoms with van der Waals surface area (Å²) in [4.78, 5) is 16.9. The van der Waals surface area contributed by atoms with E-state index < -0.39 is 5.91 Å². The van der Waals surface area contributed by atoms with Crippen LogP contribution in [0, 0.1) is 20.8 Å². The van der Waals surface area contributed by atoms with E-state index in [1.807, 2.05) is 62.4 Å². The fourth-order valence-electron chi connectivity index (χ4n) is 3.00. The molecule has 2 aromatic carbocycles. The number of hydrogen-bond donors (Lipinski definition) is 1. The van der Waals surface area contributed by atoms with Crippen LogP contribution in [0.4, 0.5) is 5.95 Å². The van der Waals surface area contributed by atoms with Gasteiger partial charge in [-0.15, -0.1) is 5.10 Å². The molecule has 0 saturated heterocycles. The maximum absolute atomic E-state index is 12.7. The van der Waals surface area contributed by atoms with Crippen molar-refractivity contribution < 1.29 is 14.1 Å². The van der Waals surface area contributed by atoms with Gasteiger partial charge < -0.3 is 9.26 Å². The number of nitrogens with one attached hydrogen (secondary N) is 1. The number of benzene rings is 2. The smallest absolute Gasteiger partial charge is 0.280 e. The van der Waals surface area contributed by atoms with Crippen LogP contribution in [0.25, 0.3) is 0 Å².